The van der Waals surface area contributed by atoms with Crippen LogP contribution in [-0.2, 0) is 16.8 Å². The third kappa shape index (κ3) is 4.02. The summed E-state index contributed by atoms with van der Waals surface area (Å²) in [6, 6.07) is 15.6. The van der Waals surface area contributed by atoms with Gasteiger partial charge in [0.15, 0.2) is 11.5 Å². The van der Waals surface area contributed by atoms with Gasteiger partial charge in [0.2, 0.25) is 10.3 Å². The van der Waals surface area contributed by atoms with Gasteiger partial charge in [0.05, 0.1) is 13.7 Å². The summed E-state index contributed by atoms with van der Waals surface area (Å²) >= 11 is 0. The van der Waals surface area contributed by atoms with Crippen LogP contribution in [0.1, 0.15) is 12.0 Å². The van der Waals surface area contributed by atoms with Gasteiger partial charge in [-0.1, -0.05) is 30.3 Å². The van der Waals surface area contributed by atoms with Crippen molar-refractivity contribution in [2.45, 2.75) is 26.0 Å². The Kier molecular flexibility index (Phi) is 5.60. The lowest BCUT2D eigenvalue weighted by Crippen LogP contribution is -2.34. The van der Waals surface area contributed by atoms with E-state index in [9.17, 15) is 8.42 Å². The first-order valence-corrected chi connectivity index (χ1v) is 10.7. The van der Waals surface area contributed by atoms with Crippen LogP contribution in [0, 0.1) is 6.92 Å². The first kappa shape index (κ1) is 19.5. The molecule has 6 nitrogen and oxygen atoms in total. The quantitative estimate of drug-likeness (QED) is 0.603. The number of fused-ring (bicyclic) bond motifs is 1. The Morgan fingerprint density at radius 3 is 2.59 bits per heavy atom. The Labute approximate surface area is 171 Å². The van der Waals surface area contributed by atoms with Crippen LogP contribution in [0.15, 0.2) is 54.7 Å². The highest BCUT2D eigenvalue weighted by Gasteiger charge is 2.29. The van der Waals surface area contributed by atoms with Gasteiger partial charge in [-0.2, -0.15) is 8.42 Å². The highest BCUT2D eigenvalue weighted by atomic mass is 32.2. The van der Waals surface area contributed by atoms with Crippen molar-refractivity contribution in [1.82, 2.24) is 9.47 Å². The van der Waals surface area contributed by atoms with Gasteiger partial charge in [-0.3, -0.25) is 4.90 Å². The Morgan fingerprint density at radius 2 is 1.83 bits per heavy atom. The number of benzene rings is 2. The van der Waals surface area contributed by atoms with Gasteiger partial charge in [-0.25, -0.2) is 0 Å². The van der Waals surface area contributed by atoms with Crippen LogP contribution in [0.3, 0.4) is 0 Å². The molecular weight excluding hydrogens is 388 g/mol. The van der Waals surface area contributed by atoms with E-state index in [1.54, 1.807) is 7.11 Å². The second-order valence-corrected chi connectivity index (χ2v) is 8.15. The molecule has 3 aromatic rings. The fourth-order valence-corrected chi connectivity index (χ4v) is 4.53. The predicted octanol–water partition coefficient (Wildman–Crippen LogP) is 3.12. The van der Waals surface area contributed by atoms with E-state index in [4.69, 9.17) is 9.47 Å². The van der Waals surface area contributed by atoms with Crippen molar-refractivity contribution in [3.8, 4) is 11.5 Å². The lowest BCUT2D eigenvalue weighted by atomic mass is 10.2. The third-order valence-corrected chi connectivity index (χ3v) is 6.12. The van der Waals surface area contributed by atoms with Crippen molar-refractivity contribution in [2.75, 3.05) is 20.2 Å². The van der Waals surface area contributed by atoms with Crippen molar-refractivity contribution in [3.05, 3.63) is 60.3 Å². The van der Waals surface area contributed by atoms with E-state index in [2.05, 4.69) is 6.07 Å². The largest absolute Gasteiger partial charge is 0.493 e. The normalized spacial score (nSPS) is 16.8. The van der Waals surface area contributed by atoms with Crippen LogP contribution >= 0.6 is 0 Å². The second kappa shape index (κ2) is 8.31. The molecule has 1 aromatic heterocycles. The number of para-hydroxylation sites is 3. The van der Waals surface area contributed by atoms with Crippen molar-refractivity contribution in [1.29, 1.82) is 0 Å². The van der Waals surface area contributed by atoms with Gasteiger partial charge in [-0.05, 0) is 37.1 Å². The van der Waals surface area contributed by atoms with Gasteiger partial charge >= 0.3 is 0 Å². The second-order valence-electron chi connectivity index (χ2n) is 7.21. The average molecular weight is 413 g/mol. The Morgan fingerprint density at radius 1 is 1.10 bits per heavy atom. The molecule has 152 valence electrons. The summed E-state index contributed by atoms with van der Waals surface area (Å²) in [5.74, 6) is 1.36. The van der Waals surface area contributed by atoms with Crippen LogP contribution < -0.4 is 9.47 Å². The number of aryl methyl sites for hydroxylation is 1. The number of nitrogens with zero attached hydrogens (tertiary/aromatic N) is 2. The molecule has 1 saturated heterocycles. The standard InChI is InChI=1S/C22H24N2O4S/c1-16-13-24(19-8-4-3-7-18(16)19)15-22(29(25)26)23-12-11-17(14-23)28-21-10-6-5-9-20(21)27-2/h3-10,13,17H,11-12,14-15H2,1-2H3. The summed E-state index contributed by atoms with van der Waals surface area (Å²) in [7, 11) is -0.693. The van der Waals surface area contributed by atoms with Crippen LogP contribution in [-0.4, -0.2) is 49.2 Å². The molecule has 0 N–H and O–H groups in total. The SMILES string of the molecule is COc1ccccc1OC1CCN(C(Cn2cc(C)c3ccccc32)=S(=O)=O)C1. The monoisotopic (exact) mass is 412 g/mol. The zero-order valence-corrected chi connectivity index (χ0v) is 17.4. The molecule has 2 heterocycles. The Balaban J connectivity index is 1.53. The molecule has 7 heteroatoms. The zero-order valence-electron chi connectivity index (χ0n) is 16.5. The van der Waals surface area contributed by atoms with Crippen LogP contribution in [0.2, 0.25) is 0 Å². The smallest absolute Gasteiger partial charge is 0.230 e. The zero-order chi connectivity index (χ0) is 20.4. The molecule has 1 aliphatic rings. The minimum atomic E-state index is -2.30. The van der Waals surface area contributed by atoms with Crippen molar-refractivity contribution in [2.24, 2.45) is 0 Å². The molecule has 29 heavy (non-hydrogen) atoms. The fraction of sp³-hybridized carbons (Fsp3) is 0.318. The molecule has 1 unspecified atom stereocenters. The minimum Gasteiger partial charge on any atom is -0.493 e. The molecular formula is C22H24N2O4S. The first-order valence-electron chi connectivity index (χ1n) is 9.61. The number of hydrogen-bond donors (Lipinski definition) is 0. The molecule has 0 saturated carbocycles. The maximum absolute atomic E-state index is 12.0. The van der Waals surface area contributed by atoms with Crippen LogP contribution in [0.25, 0.3) is 10.9 Å². The lowest BCUT2D eigenvalue weighted by Gasteiger charge is -2.19. The maximum Gasteiger partial charge on any atom is 0.230 e. The number of methoxy groups -OCH3 is 1. The van der Waals surface area contributed by atoms with Gasteiger partial charge < -0.3 is 14.0 Å². The summed E-state index contributed by atoms with van der Waals surface area (Å²) in [6.45, 7) is 3.52. The van der Waals surface area contributed by atoms with Gasteiger partial charge in [-0.15, -0.1) is 0 Å². The summed E-state index contributed by atoms with van der Waals surface area (Å²) < 4.78 is 37.5. The number of hydrogen-bond acceptors (Lipinski definition) is 4. The van der Waals surface area contributed by atoms with Crippen molar-refractivity contribution >= 4 is 26.2 Å². The van der Waals surface area contributed by atoms with E-state index in [1.165, 1.54) is 0 Å². The summed E-state index contributed by atoms with van der Waals surface area (Å²) in [6.07, 6.45) is 2.67. The van der Waals surface area contributed by atoms with Gasteiger partial charge in [0.1, 0.15) is 11.1 Å². The number of ether oxygens (including phenoxy) is 2. The van der Waals surface area contributed by atoms with E-state index in [0.717, 1.165) is 22.9 Å². The molecule has 1 aliphatic heterocycles. The topological polar surface area (TPSA) is 60.8 Å². The van der Waals surface area contributed by atoms with E-state index in [-0.39, 0.29) is 6.10 Å². The van der Waals surface area contributed by atoms with Crippen molar-refractivity contribution in [3.63, 3.8) is 0 Å². The summed E-state index contributed by atoms with van der Waals surface area (Å²) in [5, 5.41) is 1.14. The molecule has 0 aliphatic carbocycles. The average Bonchev–Trinajstić information content (AvgIpc) is 3.31. The Bertz CT molecular complexity index is 1160. The predicted molar refractivity (Wildman–Crippen MR) is 114 cm³/mol. The highest BCUT2D eigenvalue weighted by Crippen LogP contribution is 2.29. The van der Waals surface area contributed by atoms with Crippen LogP contribution in [0.5, 0.6) is 11.5 Å². The molecule has 0 spiro atoms. The third-order valence-electron chi connectivity index (χ3n) is 5.35. The highest BCUT2D eigenvalue weighted by molar-refractivity contribution is 7.72. The van der Waals surface area contributed by atoms with Crippen molar-refractivity contribution < 1.29 is 17.9 Å². The fourth-order valence-electron chi connectivity index (χ4n) is 3.91. The Hall–Kier alpha value is -2.77. The number of rotatable bonds is 5. The van der Waals surface area contributed by atoms with E-state index in [1.807, 2.05) is 65.1 Å². The number of aromatic nitrogens is 1. The molecule has 2 aromatic carbocycles. The van der Waals surface area contributed by atoms with E-state index in [0.29, 0.717) is 36.1 Å². The molecule has 1 fully saturated rings. The van der Waals surface area contributed by atoms with Gasteiger partial charge in [0, 0.05) is 30.2 Å². The summed E-state index contributed by atoms with van der Waals surface area (Å²) in [5.41, 5.74) is 2.17. The number of likely N-dealkylation sites (tertiary alicyclic amines) is 1. The van der Waals surface area contributed by atoms with Gasteiger partial charge in [0.25, 0.3) is 0 Å². The molecule has 0 bridgehead atoms. The molecule has 0 radical (unpaired) electrons. The van der Waals surface area contributed by atoms with E-state index < -0.39 is 10.3 Å². The molecule has 4 rings (SSSR count). The minimum absolute atomic E-state index is 0.0898. The van der Waals surface area contributed by atoms with E-state index >= 15 is 0 Å². The lowest BCUT2D eigenvalue weighted by molar-refractivity contribution is 0.205. The maximum atomic E-state index is 12.0. The molecule has 1 atom stereocenters. The first-order chi connectivity index (χ1) is 14.1. The van der Waals surface area contributed by atoms with Crippen LogP contribution in [0.4, 0.5) is 0 Å². The summed E-state index contributed by atoms with van der Waals surface area (Å²) in [4.78, 5) is 2.30. The molecule has 0 amide bonds.